The summed E-state index contributed by atoms with van der Waals surface area (Å²) in [7, 11) is 0. The number of benzene rings is 2. The fourth-order valence-electron chi connectivity index (χ4n) is 2.04. The lowest BCUT2D eigenvalue weighted by molar-refractivity contribution is -0.142. The van der Waals surface area contributed by atoms with Gasteiger partial charge in [0.25, 0.3) is 0 Å². The molecule has 2 aromatic carbocycles. The molecule has 4 nitrogen and oxygen atoms in total. The van der Waals surface area contributed by atoms with Gasteiger partial charge in [-0.25, -0.2) is 4.79 Å². The molecule has 0 heterocycles. The van der Waals surface area contributed by atoms with E-state index in [9.17, 15) is 4.79 Å². The monoisotopic (exact) mass is 312 g/mol. The van der Waals surface area contributed by atoms with E-state index in [1.165, 1.54) is 0 Å². The normalized spacial score (nSPS) is 9.96. The van der Waals surface area contributed by atoms with Crippen LogP contribution in [-0.4, -0.2) is 25.8 Å². The van der Waals surface area contributed by atoms with E-state index >= 15 is 0 Å². The standard InChI is InChI=1S/C19H20O4/c1-3-21-19(20)15(2)22-13-14-23-18-12-8-7-11-17(18)16-9-5-4-6-10-16/h4-12H,2-3,13-14H2,1H3. The molecular weight excluding hydrogens is 292 g/mol. The van der Waals surface area contributed by atoms with Crippen molar-refractivity contribution >= 4 is 5.97 Å². The van der Waals surface area contributed by atoms with Crippen molar-refractivity contribution in [3.8, 4) is 16.9 Å². The zero-order valence-corrected chi connectivity index (χ0v) is 13.2. The molecule has 4 heteroatoms. The lowest BCUT2D eigenvalue weighted by atomic mass is 10.1. The molecule has 23 heavy (non-hydrogen) atoms. The first-order valence-corrected chi connectivity index (χ1v) is 7.48. The average molecular weight is 312 g/mol. The van der Waals surface area contributed by atoms with E-state index < -0.39 is 5.97 Å². The van der Waals surface area contributed by atoms with Crippen molar-refractivity contribution < 1.29 is 19.0 Å². The number of carbonyl (C=O) groups excluding carboxylic acids is 1. The van der Waals surface area contributed by atoms with Crippen molar-refractivity contribution in [1.82, 2.24) is 0 Å². The fourth-order valence-corrected chi connectivity index (χ4v) is 2.04. The van der Waals surface area contributed by atoms with E-state index in [-0.39, 0.29) is 12.4 Å². The van der Waals surface area contributed by atoms with Gasteiger partial charge in [0.15, 0.2) is 5.76 Å². The minimum atomic E-state index is -0.544. The van der Waals surface area contributed by atoms with Crippen molar-refractivity contribution in [1.29, 1.82) is 0 Å². The summed E-state index contributed by atoms with van der Waals surface area (Å²) >= 11 is 0. The minimum absolute atomic E-state index is 0.00760. The summed E-state index contributed by atoms with van der Waals surface area (Å²) in [5.74, 6) is 0.216. The third kappa shape index (κ3) is 4.88. The van der Waals surface area contributed by atoms with Gasteiger partial charge >= 0.3 is 5.97 Å². The molecule has 0 aliphatic heterocycles. The maximum absolute atomic E-state index is 11.4. The third-order valence-electron chi connectivity index (χ3n) is 3.09. The van der Waals surface area contributed by atoms with Crippen molar-refractivity contribution in [2.75, 3.05) is 19.8 Å². The lowest BCUT2D eigenvalue weighted by Gasteiger charge is -2.12. The molecule has 0 aromatic heterocycles. The van der Waals surface area contributed by atoms with E-state index in [1.807, 2.05) is 54.6 Å². The summed E-state index contributed by atoms with van der Waals surface area (Å²) in [5, 5.41) is 0. The van der Waals surface area contributed by atoms with Crippen LogP contribution in [0, 0.1) is 0 Å². The van der Waals surface area contributed by atoms with Gasteiger partial charge < -0.3 is 14.2 Å². The molecule has 0 spiro atoms. The van der Waals surface area contributed by atoms with Crippen LogP contribution in [0.25, 0.3) is 11.1 Å². The lowest BCUT2D eigenvalue weighted by Crippen LogP contribution is -2.13. The molecule has 0 unspecified atom stereocenters. The summed E-state index contributed by atoms with van der Waals surface area (Å²) in [6, 6.07) is 17.8. The second kappa shape index (κ2) is 8.63. The van der Waals surface area contributed by atoms with Crippen LogP contribution in [-0.2, 0) is 14.3 Å². The highest BCUT2D eigenvalue weighted by molar-refractivity contribution is 5.85. The molecule has 120 valence electrons. The molecule has 0 atom stereocenters. The van der Waals surface area contributed by atoms with Crippen LogP contribution in [0.4, 0.5) is 0 Å². The smallest absolute Gasteiger partial charge is 0.372 e. The molecule has 2 rings (SSSR count). The molecule has 2 aromatic rings. The first-order valence-electron chi connectivity index (χ1n) is 7.48. The average Bonchev–Trinajstić information content (AvgIpc) is 2.60. The Labute approximate surface area is 136 Å². The zero-order valence-electron chi connectivity index (χ0n) is 13.2. The summed E-state index contributed by atoms with van der Waals surface area (Å²) in [6.45, 7) is 6.09. The molecular formula is C19H20O4. The van der Waals surface area contributed by atoms with Gasteiger partial charge in [-0.2, -0.15) is 0 Å². The van der Waals surface area contributed by atoms with Gasteiger partial charge in [-0.05, 0) is 25.1 Å². The predicted octanol–water partition coefficient (Wildman–Crippen LogP) is 3.83. The van der Waals surface area contributed by atoms with Crippen LogP contribution < -0.4 is 4.74 Å². The maximum atomic E-state index is 11.4. The van der Waals surface area contributed by atoms with Crippen LogP contribution >= 0.6 is 0 Å². The van der Waals surface area contributed by atoms with Crippen molar-refractivity contribution in [3.05, 3.63) is 66.9 Å². The van der Waals surface area contributed by atoms with Gasteiger partial charge in [-0.3, -0.25) is 0 Å². The van der Waals surface area contributed by atoms with E-state index in [0.717, 1.165) is 16.9 Å². The van der Waals surface area contributed by atoms with Crippen molar-refractivity contribution in [3.63, 3.8) is 0 Å². The summed E-state index contributed by atoms with van der Waals surface area (Å²) < 4.78 is 15.8. The first kappa shape index (κ1) is 16.6. The van der Waals surface area contributed by atoms with E-state index in [4.69, 9.17) is 14.2 Å². The van der Waals surface area contributed by atoms with Gasteiger partial charge in [0, 0.05) is 5.56 Å². The first-order chi connectivity index (χ1) is 11.2. The Morgan fingerprint density at radius 1 is 0.957 bits per heavy atom. The van der Waals surface area contributed by atoms with Crippen molar-refractivity contribution in [2.45, 2.75) is 6.92 Å². The number of para-hydroxylation sites is 1. The number of hydrogen-bond donors (Lipinski definition) is 0. The van der Waals surface area contributed by atoms with Gasteiger partial charge in [0.2, 0.25) is 0 Å². The Morgan fingerprint density at radius 2 is 1.65 bits per heavy atom. The summed E-state index contributed by atoms with van der Waals surface area (Å²) in [6.07, 6.45) is 0. The SMILES string of the molecule is C=C(OCCOc1ccccc1-c1ccccc1)C(=O)OCC. The molecule has 0 saturated carbocycles. The molecule has 0 N–H and O–H groups in total. The van der Waals surface area contributed by atoms with Crippen LogP contribution in [0.15, 0.2) is 66.9 Å². The van der Waals surface area contributed by atoms with Crippen molar-refractivity contribution in [2.24, 2.45) is 0 Å². The Bertz CT molecular complexity index is 649. The van der Waals surface area contributed by atoms with Gasteiger partial charge in [-0.15, -0.1) is 0 Å². The molecule has 0 fully saturated rings. The van der Waals surface area contributed by atoms with Crippen LogP contribution in [0.5, 0.6) is 5.75 Å². The van der Waals surface area contributed by atoms with Gasteiger partial charge in [0.1, 0.15) is 19.0 Å². The van der Waals surface area contributed by atoms with E-state index in [1.54, 1.807) is 6.92 Å². The maximum Gasteiger partial charge on any atom is 0.372 e. The van der Waals surface area contributed by atoms with Gasteiger partial charge in [0.05, 0.1) is 6.61 Å². The Balaban J connectivity index is 1.90. The Hall–Kier alpha value is -2.75. The second-order valence-corrected chi connectivity index (χ2v) is 4.70. The number of esters is 1. The number of carbonyl (C=O) groups is 1. The van der Waals surface area contributed by atoms with Gasteiger partial charge in [-0.1, -0.05) is 48.5 Å². The number of hydrogen-bond acceptors (Lipinski definition) is 4. The highest BCUT2D eigenvalue weighted by Gasteiger charge is 2.09. The highest BCUT2D eigenvalue weighted by atomic mass is 16.6. The minimum Gasteiger partial charge on any atom is -0.489 e. The highest BCUT2D eigenvalue weighted by Crippen LogP contribution is 2.29. The van der Waals surface area contributed by atoms with E-state index in [2.05, 4.69) is 6.58 Å². The predicted molar refractivity (Wildman–Crippen MR) is 89.1 cm³/mol. The zero-order chi connectivity index (χ0) is 16.5. The molecule has 0 saturated heterocycles. The number of ether oxygens (including phenoxy) is 3. The quantitative estimate of drug-likeness (QED) is 0.322. The molecule has 0 amide bonds. The molecule has 0 aliphatic carbocycles. The van der Waals surface area contributed by atoms with Crippen LogP contribution in [0.2, 0.25) is 0 Å². The fraction of sp³-hybridized carbons (Fsp3) is 0.211. The largest absolute Gasteiger partial charge is 0.489 e. The third-order valence-corrected chi connectivity index (χ3v) is 3.09. The van der Waals surface area contributed by atoms with E-state index in [0.29, 0.717) is 13.2 Å². The molecule has 0 radical (unpaired) electrons. The van der Waals surface area contributed by atoms with Crippen LogP contribution in [0.3, 0.4) is 0 Å². The number of rotatable bonds is 8. The second-order valence-electron chi connectivity index (χ2n) is 4.70. The summed E-state index contributed by atoms with van der Waals surface area (Å²) in [4.78, 5) is 11.4. The molecule has 0 aliphatic rings. The molecule has 0 bridgehead atoms. The Kier molecular flexibility index (Phi) is 6.24. The van der Waals surface area contributed by atoms with Crippen LogP contribution in [0.1, 0.15) is 6.92 Å². The Morgan fingerprint density at radius 3 is 2.39 bits per heavy atom. The summed E-state index contributed by atoms with van der Waals surface area (Å²) in [5.41, 5.74) is 2.09. The topological polar surface area (TPSA) is 44.8 Å².